The SMILES string of the molecule is CO[C@@H]1COC[C@@H](N(C)Cc2ccc3ncccc3c2)[C@@H]1O. The van der Waals surface area contributed by atoms with Gasteiger partial charge in [-0.15, -0.1) is 0 Å². The minimum atomic E-state index is -0.536. The number of ether oxygens (including phenoxy) is 2. The molecule has 2 heterocycles. The molecule has 1 aromatic heterocycles. The minimum Gasteiger partial charge on any atom is -0.389 e. The molecule has 118 valence electrons. The molecule has 0 unspecified atom stereocenters. The standard InChI is InChI=1S/C17H22N2O3/c1-19(15-10-22-11-16(21-2)17(15)20)9-12-5-6-14-13(8-12)4-3-7-18-14/h3-8,15-17,20H,9-11H2,1-2H3/t15-,16-,17+/m1/s1. The van der Waals surface area contributed by atoms with Crippen molar-refractivity contribution in [2.45, 2.75) is 24.8 Å². The van der Waals surface area contributed by atoms with Crippen molar-refractivity contribution in [2.24, 2.45) is 0 Å². The van der Waals surface area contributed by atoms with Crippen LogP contribution >= 0.6 is 0 Å². The van der Waals surface area contributed by atoms with Gasteiger partial charge in [-0.3, -0.25) is 9.88 Å². The minimum absolute atomic E-state index is 0.0664. The molecule has 0 amide bonds. The number of hydrogen-bond acceptors (Lipinski definition) is 5. The average Bonchev–Trinajstić information content (AvgIpc) is 2.55. The molecule has 5 nitrogen and oxygen atoms in total. The van der Waals surface area contributed by atoms with E-state index < -0.39 is 6.10 Å². The van der Waals surface area contributed by atoms with E-state index >= 15 is 0 Å². The van der Waals surface area contributed by atoms with Crippen molar-refractivity contribution in [3.05, 3.63) is 42.1 Å². The molecule has 0 bridgehead atoms. The van der Waals surface area contributed by atoms with Crippen LogP contribution in [0.4, 0.5) is 0 Å². The second kappa shape index (κ2) is 6.71. The van der Waals surface area contributed by atoms with E-state index in [0.29, 0.717) is 13.2 Å². The molecule has 22 heavy (non-hydrogen) atoms. The Hall–Kier alpha value is -1.53. The third-order valence-corrected chi connectivity index (χ3v) is 4.31. The van der Waals surface area contributed by atoms with Gasteiger partial charge in [-0.2, -0.15) is 0 Å². The Morgan fingerprint density at radius 3 is 3.05 bits per heavy atom. The number of nitrogens with zero attached hydrogens (tertiary/aromatic N) is 2. The quantitative estimate of drug-likeness (QED) is 0.926. The van der Waals surface area contributed by atoms with Crippen LogP contribution in [0.1, 0.15) is 5.56 Å². The summed E-state index contributed by atoms with van der Waals surface area (Å²) in [5.74, 6) is 0. The number of aromatic nitrogens is 1. The highest BCUT2D eigenvalue weighted by Gasteiger charge is 2.35. The van der Waals surface area contributed by atoms with Crippen LogP contribution in [-0.4, -0.2) is 60.6 Å². The molecule has 0 saturated carbocycles. The maximum atomic E-state index is 10.4. The van der Waals surface area contributed by atoms with Crippen molar-refractivity contribution in [1.82, 2.24) is 9.88 Å². The number of benzene rings is 1. The number of likely N-dealkylation sites (N-methyl/N-ethyl adjacent to an activating group) is 1. The van der Waals surface area contributed by atoms with Gasteiger partial charge in [0, 0.05) is 25.2 Å². The highest BCUT2D eigenvalue weighted by atomic mass is 16.5. The zero-order valence-electron chi connectivity index (χ0n) is 13.0. The predicted octanol–water partition coefficient (Wildman–Crippen LogP) is 1.44. The Labute approximate surface area is 130 Å². The van der Waals surface area contributed by atoms with Crippen molar-refractivity contribution in [2.75, 3.05) is 27.4 Å². The fraction of sp³-hybridized carbons (Fsp3) is 0.471. The lowest BCUT2D eigenvalue weighted by Gasteiger charge is -2.39. The number of methoxy groups -OCH3 is 1. The second-order valence-electron chi connectivity index (χ2n) is 5.82. The van der Waals surface area contributed by atoms with Gasteiger partial charge >= 0.3 is 0 Å². The van der Waals surface area contributed by atoms with Gasteiger partial charge in [0.25, 0.3) is 0 Å². The van der Waals surface area contributed by atoms with Gasteiger partial charge in [-0.25, -0.2) is 0 Å². The molecule has 1 aliphatic rings. The number of hydrogen-bond donors (Lipinski definition) is 1. The molecule has 2 aromatic rings. The Morgan fingerprint density at radius 2 is 2.23 bits per heavy atom. The molecule has 1 aliphatic heterocycles. The largest absolute Gasteiger partial charge is 0.389 e. The van der Waals surface area contributed by atoms with Crippen LogP contribution in [0.25, 0.3) is 10.9 Å². The molecular formula is C17H22N2O3. The van der Waals surface area contributed by atoms with Crippen LogP contribution in [0.2, 0.25) is 0 Å². The predicted molar refractivity (Wildman–Crippen MR) is 84.6 cm³/mol. The second-order valence-corrected chi connectivity index (χ2v) is 5.82. The van der Waals surface area contributed by atoms with E-state index in [1.54, 1.807) is 13.3 Å². The van der Waals surface area contributed by atoms with E-state index in [1.165, 1.54) is 5.56 Å². The van der Waals surface area contributed by atoms with Gasteiger partial charge in [0.2, 0.25) is 0 Å². The lowest BCUT2D eigenvalue weighted by Crippen LogP contribution is -2.55. The first-order valence-corrected chi connectivity index (χ1v) is 7.51. The van der Waals surface area contributed by atoms with Gasteiger partial charge < -0.3 is 14.6 Å². The van der Waals surface area contributed by atoms with E-state index in [2.05, 4.69) is 28.1 Å². The summed E-state index contributed by atoms with van der Waals surface area (Å²) >= 11 is 0. The smallest absolute Gasteiger partial charge is 0.108 e. The first kappa shape index (κ1) is 15.4. The first-order valence-electron chi connectivity index (χ1n) is 7.51. The van der Waals surface area contributed by atoms with Crippen molar-refractivity contribution >= 4 is 10.9 Å². The summed E-state index contributed by atoms with van der Waals surface area (Å²) in [7, 11) is 3.61. The van der Waals surface area contributed by atoms with E-state index in [4.69, 9.17) is 9.47 Å². The molecule has 0 spiro atoms. The van der Waals surface area contributed by atoms with Crippen molar-refractivity contribution in [1.29, 1.82) is 0 Å². The van der Waals surface area contributed by atoms with Crippen LogP contribution in [-0.2, 0) is 16.0 Å². The third-order valence-electron chi connectivity index (χ3n) is 4.31. The maximum Gasteiger partial charge on any atom is 0.108 e. The molecule has 1 aromatic carbocycles. The normalized spacial score (nSPS) is 25.7. The third kappa shape index (κ3) is 3.13. The molecular weight excluding hydrogens is 280 g/mol. The van der Waals surface area contributed by atoms with E-state index in [0.717, 1.165) is 17.4 Å². The number of rotatable bonds is 4. The fourth-order valence-electron chi connectivity index (χ4n) is 2.97. The van der Waals surface area contributed by atoms with Gasteiger partial charge in [0.05, 0.1) is 24.8 Å². The summed E-state index contributed by atoms with van der Waals surface area (Å²) in [5, 5.41) is 11.5. The lowest BCUT2D eigenvalue weighted by molar-refractivity contribution is -0.142. The molecule has 1 N–H and O–H groups in total. The summed E-state index contributed by atoms with van der Waals surface area (Å²) in [5.41, 5.74) is 2.18. The summed E-state index contributed by atoms with van der Waals surface area (Å²) < 4.78 is 10.8. The number of aliphatic hydroxyl groups is 1. The number of aliphatic hydroxyl groups excluding tert-OH is 1. The Balaban J connectivity index is 1.73. The first-order chi connectivity index (χ1) is 10.7. The molecule has 1 saturated heterocycles. The Bertz CT molecular complexity index is 634. The number of pyridine rings is 1. The molecule has 5 heteroatoms. The molecule has 0 aliphatic carbocycles. The van der Waals surface area contributed by atoms with Crippen LogP contribution in [0.15, 0.2) is 36.5 Å². The molecule has 1 fully saturated rings. The highest BCUT2D eigenvalue weighted by Crippen LogP contribution is 2.19. The van der Waals surface area contributed by atoms with Crippen molar-refractivity contribution in [3.63, 3.8) is 0 Å². The van der Waals surface area contributed by atoms with E-state index in [-0.39, 0.29) is 12.1 Å². The van der Waals surface area contributed by atoms with E-state index in [1.807, 2.05) is 19.2 Å². The Kier molecular flexibility index (Phi) is 4.69. The van der Waals surface area contributed by atoms with Crippen LogP contribution in [0, 0.1) is 0 Å². The van der Waals surface area contributed by atoms with Crippen LogP contribution in [0.5, 0.6) is 0 Å². The highest BCUT2D eigenvalue weighted by molar-refractivity contribution is 5.78. The van der Waals surface area contributed by atoms with Gasteiger partial charge in [-0.1, -0.05) is 12.1 Å². The summed E-state index contributed by atoms with van der Waals surface area (Å²) in [6.45, 7) is 1.71. The number of fused-ring (bicyclic) bond motifs is 1. The summed E-state index contributed by atoms with van der Waals surface area (Å²) in [6.07, 6.45) is 1.00. The average molecular weight is 302 g/mol. The van der Waals surface area contributed by atoms with Crippen LogP contribution < -0.4 is 0 Å². The molecule has 3 rings (SSSR count). The van der Waals surface area contributed by atoms with Crippen LogP contribution in [0.3, 0.4) is 0 Å². The van der Waals surface area contributed by atoms with E-state index in [9.17, 15) is 5.11 Å². The van der Waals surface area contributed by atoms with Gasteiger partial charge in [0.1, 0.15) is 12.2 Å². The zero-order chi connectivity index (χ0) is 15.5. The molecule has 0 radical (unpaired) electrons. The van der Waals surface area contributed by atoms with Gasteiger partial charge in [0.15, 0.2) is 0 Å². The van der Waals surface area contributed by atoms with Crippen molar-refractivity contribution < 1.29 is 14.6 Å². The van der Waals surface area contributed by atoms with Gasteiger partial charge in [-0.05, 0) is 30.8 Å². The Morgan fingerprint density at radius 1 is 1.36 bits per heavy atom. The monoisotopic (exact) mass is 302 g/mol. The molecule has 3 atom stereocenters. The fourth-order valence-corrected chi connectivity index (χ4v) is 2.97. The zero-order valence-corrected chi connectivity index (χ0v) is 13.0. The maximum absolute atomic E-state index is 10.4. The topological polar surface area (TPSA) is 54.8 Å². The summed E-state index contributed by atoms with van der Waals surface area (Å²) in [4.78, 5) is 6.45. The lowest BCUT2D eigenvalue weighted by atomic mass is 10.0. The summed E-state index contributed by atoms with van der Waals surface area (Å²) in [6, 6.07) is 10.2. The van der Waals surface area contributed by atoms with Crippen molar-refractivity contribution in [3.8, 4) is 0 Å².